The van der Waals surface area contributed by atoms with Gasteiger partial charge in [0.25, 0.3) is 0 Å². The summed E-state index contributed by atoms with van der Waals surface area (Å²) in [6.07, 6.45) is 0.201. The molecule has 1 heterocycles. The number of Topliss-reactive ketones (excluding diaryl/α,β-unsaturated/α-hetero) is 1. The quantitative estimate of drug-likeness (QED) is 0.530. The van der Waals surface area contributed by atoms with Crippen LogP contribution in [0.4, 0.5) is 0 Å². The van der Waals surface area contributed by atoms with E-state index in [-0.39, 0.29) is 5.78 Å². The average Bonchev–Trinajstić information content (AvgIpc) is 2.07. The highest BCUT2D eigenvalue weighted by atomic mass is 16.3. The van der Waals surface area contributed by atoms with Gasteiger partial charge in [-0.1, -0.05) is 18.2 Å². The van der Waals surface area contributed by atoms with Gasteiger partial charge in [0.15, 0.2) is 0 Å². The monoisotopic (exact) mass is 161 g/mol. The van der Waals surface area contributed by atoms with Crippen molar-refractivity contribution in [1.82, 2.24) is 0 Å². The highest BCUT2D eigenvalue weighted by Crippen LogP contribution is 1.91. The van der Waals surface area contributed by atoms with Crippen LogP contribution in [0, 0.1) is 0 Å². The number of ketones is 1. The third-order valence-corrected chi connectivity index (χ3v) is 1.75. The number of aliphatic hydroxyl groups excluding tert-OH is 1. The molecule has 0 saturated carbocycles. The van der Waals surface area contributed by atoms with Crippen molar-refractivity contribution in [2.24, 2.45) is 4.99 Å². The van der Waals surface area contributed by atoms with E-state index >= 15 is 0 Å². The highest BCUT2D eigenvalue weighted by molar-refractivity contribution is 6.08. The first kappa shape index (κ1) is 7.18. The fourth-order valence-corrected chi connectivity index (χ4v) is 1.15. The highest BCUT2D eigenvalue weighted by Gasteiger charge is 2.12. The number of rotatable bonds is 0. The molecule has 1 atom stereocenters. The first-order chi connectivity index (χ1) is 5.77. The predicted molar refractivity (Wildman–Crippen MR) is 42.7 cm³/mol. The topological polar surface area (TPSA) is 49.7 Å². The predicted octanol–water partition coefficient (Wildman–Crippen LogP) is -1.01. The van der Waals surface area contributed by atoms with Crippen molar-refractivity contribution in [2.45, 2.75) is 6.23 Å². The van der Waals surface area contributed by atoms with Crippen LogP contribution >= 0.6 is 0 Å². The van der Waals surface area contributed by atoms with Crippen LogP contribution in [0.1, 0.15) is 0 Å². The molecule has 0 saturated heterocycles. The minimum absolute atomic E-state index is 0.353. The van der Waals surface area contributed by atoms with Crippen LogP contribution in [-0.2, 0) is 4.79 Å². The molecule has 0 amide bonds. The Balaban J connectivity index is 2.79. The zero-order valence-corrected chi connectivity index (χ0v) is 6.27. The Hall–Kier alpha value is -1.48. The van der Waals surface area contributed by atoms with Gasteiger partial charge in [-0.15, -0.1) is 0 Å². The Morgan fingerprint density at radius 1 is 1.33 bits per heavy atom. The van der Waals surface area contributed by atoms with Crippen LogP contribution in [0.5, 0.6) is 0 Å². The second-order valence-corrected chi connectivity index (χ2v) is 2.61. The van der Waals surface area contributed by atoms with E-state index in [1.54, 1.807) is 12.1 Å². The molecule has 1 aromatic rings. The van der Waals surface area contributed by atoms with Crippen LogP contribution in [0.2, 0.25) is 0 Å². The minimum atomic E-state index is -1.21. The van der Waals surface area contributed by atoms with E-state index < -0.39 is 6.23 Å². The van der Waals surface area contributed by atoms with Crippen LogP contribution in [0.3, 0.4) is 0 Å². The van der Waals surface area contributed by atoms with Crippen LogP contribution < -0.4 is 10.6 Å². The van der Waals surface area contributed by atoms with E-state index in [2.05, 4.69) is 4.99 Å². The summed E-state index contributed by atoms with van der Waals surface area (Å²) in [5, 5.41) is 10.5. The lowest BCUT2D eigenvalue weighted by molar-refractivity contribution is -0.120. The number of nitrogens with zero attached hydrogens (tertiary/aromatic N) is 1. The van der Waals surface area contributed by atoms with E-state index in [1.807, 2.05) is 12.1 Å². The molecule has 60 valence electrons. The third kappa shape index (κ3) is 1.04. The van der Waals surface area contributed by atoms with Gasteiger partial charge in [-0.05, 0) is 12.1 Å². The number of fused-ring (bicyclic) bond motifs is 1. The maximum atomic E-state index is 11.0. The molecule has 0 radical (unpaired) electrons. The fraction of sp³-hybridized carbons (Fsp3) is 0.111. The van der Waals surface area contributed by atoms with Crippen LogP contribution in [-0.4, -0.2) is 17.1 Å². The van der Waals surface area contributed by atoms with Gasteiger partial charge in [0.1, 0.15) is 0 Å². The molecule has 1 aromatic carbocycles. The summed E-state index contributed by atoms with van der Waals surface area (Å²) in [5.41, 5.74) is 0. The van der Waals surface area contributed by atoms with Crippen molar-refractivity contribution in [3.63, 3.8) is 0 Å². The summed E-state index contributed by atoms with van der Waals surface area (Å²) in [7, 11) is 0. The van der Waals surface area contributed by atoms with Crippen molar-refractivity contribution in [1.29, 1.82) is 0 Å². The SMILES string of the molecule is O=C1C=c2ccccc2=NC1O. The number of para-hydroxylation sites is 1. The Labute approximate surface area is 68.7 Å². The Kier molecular flexibility index (Phi) is 1.52. The summed E-state index contributed by atoms with van der Waals surface area (Å²) >= 11 is 0. The summed E-state index contributed by atoms with van der Waals surface area (Å²) in [6.45, 7) is 0. The minimum Gasteiger partial charge on any atom is -0.365 e. The Morgan fingerprint density at radius 2 is 2.08 bits per heavy atom. The lowest BCUT2D eigenvalue weighted by Gasteiger charge is -2.04. The molecule has 2 rings (SSSR count). The molecule has 3 nitrogen and oxygen atoms in total. The van der Waals surface area contributed by atoms with Gasteiger partial charge in [-0.2, -0.15) is 0 Å². The van der Waals surface area contributed by atoms with Crippen LogP contribution in [0.25, 0.3) is 6.08 Å². The summed E-state index contributed by atoms with van der Waals surface area (Å²) in [6, 6.07) is 7.21. The summed E-state index contributed by atoms with van der Waals surface area (Å²) < 4.78 is 0. The molecule has 1 N–H and O–H groups in total. The van der Waals surface area contributed by atoms with E-state index in [0.29, 0.717) is 5.36 Å². The van der Waals surface area contributed by atoms with E-state index in [9.17, 15) is 4.79 Å². The lowest BCUT2D eigenvalue weighted by atomic mass is 10.2. The maximum absolute atomic E-state index is 11.0. The van der Waals surface area contributed by atoms with Crippen molar-refractivity contribution < 1.29 is 9.90 Å². The molecule has 1 unspecified atom stereocenters. The molecule has 12 heavy (non-hydrogen) atoms. The molecule has 1 aliphatic rings. The number of benzene rings is 1. The normalized spacial score (nSPS) is 20.8. The van der Waals surface area contributed by atoms with Gasteiger partial charge in [-0.25, -0.2) is 4.99 Å². The molecule has 3 heteroatoms. The maximum Gasteiger partial charge on any atom is 0.209 e. The molecule has 0 fully saturated rings. The smallest absolute Gasteiger partial charge is 0.209 e. The summed E-state index contributed by atoms with van der Waals surface area (Å²) in [5.74, 6) is -0.353. The number of aliphatic hydroxyl groups is 1. The largest absolute Gasteiger partial charge is 0.365 e. The lowest BCUT2D eigenvalue weighted by Crippen LogP contribution is -2.35. The third-order valence-electron chi connectivity index (χ3n) is 1.75. The van der Waals surface area contributed by atoms with Crippen molar-refractivity contribution >= 4 is 11.9 Å². The molecule has 1 aliphatic heterocycles. The molecule has 0 aromatic heterocycles. The van der Waals surface area contributed by atoms with Gasteiger partial charge in [0.05, 0.1) is 5.36 Å². The molecular weight excluding hydrogens is 154 g/mol. The van der Waals surface area contributed by atoms with Gasteiger partial charge in [0, 0.05) is 5.22 Å². The number of carbonyl (C=O) groups excluding carboxylic acids is 1. The number of hydrogen-bond donors (Lipinski definition) is 1. The average molecular weight is 161 g/mol. The Bertz CT molecular complexity index is 436. The first-order valence-electron chi connectivity index (χ1n) is 3.64. The fourth-order valence-electron chi connectivity index (χ4n) is 1.15. The van der Waals surface area contributed by atoms with Crippen molar-refractivity contribution in [2.75, 3.05) is 0 Å². The van der Waals surface area contributed by atoms with E-state index in [4.69, 9.17) is 5.11 Å². The first-order valence-corrected chi connectivity index (χ1v) is 3.64. The van der Waals surface area contributed by atoms with Crippen molar-refractivity contribution in [3.8, 4) is 0 Å². The Morgan fingerprint density at radius 3 is 2.92 bits per heavy atom. The van der Waals surface area contributed by atoms with E-state index in [0.717, 1.165) is 5.22 Å². The zero-order chi connectivity index (χ0) is 8.55. The standard InChI is InChI=1S/C9H7NO2/c11-8-5-6-3-1-2-4-7(6)10-9(8)12/h1-5,9,12H. The van der Waals surface area contributed by atoms with E-state index in [1.165, 1.54) is 6.08 Å². The van der Waals surface area contributed by atoms with Gasteiger partial charge >= 0.3 is 0 Å². The second-order valence-electron chi connectivity index (χ2n) is 2.61. The van der Waals surface area contributed by atoms with Gasteiger partial charge in [-0.3, -0.25) is 4.79 Å². The molecule has 0 spiro atoms. The van der Waals surface area contributed by atoms with Crippen molar-refractivity contribution in [3.05, 3.63) is 34.8 Å². The van der Waals surface area contributed by atoms with Gasteiger partial charge < -0.3 is 5.11 Å². The molecular formula is C9H7NO2. The zero-order valence-electron chi connectivity index (χ0n) is 6.27. The molecule has 0 aliphatic carbocycles. The number of carbonyl (C=O) groups is 1. The van der Waals surface area contributed by atoms with Crippen LogP contribution in [0.15, 0.2) is 29.3 Å². The van der Waals surface area contributed by atoms with Gasteiger partial charge in [0.2, 0.25) is 12.0 Å². The molecule has 0 bridgehead atoms. The summed E-state index contributed by atoms with van der Waals surface area (Å²) in [4.78, 5) is 14.8. The second kappa shape index (κ2) is 2.53. The number of hydrogen-bond acceptors (Lipinski definition) is 3.